The highest BCUT2D eigenvalue weighted by atomic mass is 28.4. The number of carbonyl (C=O) groups is 1. The molecule has 3 heterocycles. The zero-order chi connectivity index (χ0) is 37.8. The lowest BCUT2D eigenvalue weighted by Crippen LogP contribution is -2.54. The first kappa shape index (κ1) is 40.4. The molecule has 0 spiro atoms. The Morgan fingerprint density at radius 2 is 1.40 bits per heavy atom. The van der Waals surface area contributed by atoms with Crippen molar-refractivity contribution in [3.05, 3.63) is 36.7 Å². The third kappa shape index (κ3) is 8.31. The maximum absolute atomic E-state index is 14.3. The number of aromatic nitrogens is 4. The summed E-state index contributed by atoms with van der Waals surface area (Å²) in [5.74, 6) is -1.06. The van der Waals surface area contributed by atoms with Gasteiger partial charge < -0.3 is 22.8 Å². The molecule has 1 fully saturated rings. The third-order valence-corrected chi connectivity index (χ3v) is 24.7. The molecule has 14 heteroatoms. The molecule has 0 N–H and O–H groups in total. The minimum atomic E-state index is -2.39. The van der Waals surface area contributed by atoms with Gasteiger partial charge in [-0.15, -0.1) is 0 Å². The van der Waals surface area contributed by atoms with Crippen LogP contribution in [0.1, 0.15) is 75.5 Å². The van der Waals surface area contributed by atoms with Crippen LogP contribution in [0.2, 0.25) is 54.4 Å². The summed E-state index contributed by atoms with van der Waals surface area (Å²) >= 11 is 0. The van der Waals surface area contributed by atoms with Crippen LogP contribution in [0.4, 0.5) is 4.39 Å². The lowest BCUT2D eigenvalue weighted by Gasteiger charge is -2.44. The van der Waals surface area contributed by atoms with Crippen LogP contribution in [0.25, 0.3) is 22.4 Å². The molecule has 0 radical (unpaired) electrons. The molecular weight excluding hydrogens is 688 g/mol. The summed E-state index contributed by atoms with van der Waals surface area (Å²) in [5.41, 5.74) is 1.76. The fourth-order valence-corrected chi connectivity index (χ4v) is 8.66. The second kappa shape index (κ2) is 13.9. The van der Waals surface area contributed by atoms with Gasteiger partial charge in [0.15, 0.2) is 36.8 Å². The van der Waals surface area contributed by atoms with Crippen LogP contribution in [-0.2, 0) is 22.8 Å². The number of ether oxygens (including phenoxy) is 2. The molecule has 0 unspecified atom stereocenters. The topological polar surface area (TPSA) is 107 Å². The monoisotopic (exact) mass is 746 g/mol. The summed E-state index contributed by atoms with van der Waals surface area (Å²) in [6, 6.07) is 3.99. The van der Waals surface area contributed by atoms with Crippen molar-refractivity contribution in [3.63, 3.8) is 0 Å². The van der Waals surface area contributed by atoms with Crippen molar-refractivity contribution in [1.29, 1.82) is 0 Å². The van der Waals surface area contributed by atoms with Crippen molar-refractivity contribution in [3.8, 4) is 17.0 Å². The first-order valence-electron chi connectivity index (χ1n) is 17.5. The molecule has 10 nitrogen and oxygen atoms in total. The first-order chi connectivity index (χ1) is 22.7. The number of halogens is 1. The van der Waals surface area contributed by atoms with Gasteiger partial charge in [-0.3, -0.25) is 9.36 Å². The van der Waals surface area contributed by atoms with E-state index in [4.69, 9.17) is 27.7 Å². The van der Waals surface area contributed by atoms with Gasteiger partial charge in [0.2, 0.25) is 0 Å². The predicted molar refractivity (Wildman–Crippen MR) is 203 cm³/mol. The molecular formula is C36H59FN4O6Si3. The smallest absolute Gasteiger partial charge is 0.308 e. The molecule has 1 aliphatic rings. The normalized spacial score (nSPS) is 21.2. The van der Waals surface area contributed by atoms with Crippen LogP contribution in [0, 0.1) is 5.82 Å². The number of esters is 1. The Bertz CT molecular complexity index is 1690. The van der Waals surface area contributed by atoms with Crippen molar-refractivity contribution in [2.75, 3.05) is 6.61 Å². The minimum Gasteiger partial charge on any atom is -0.426 e. The van der Waals surface area contributed by atoms with Gasteiger partial charge in [-0.05, 0) is 66.5 Å². The summed E-state index contributed by atoms with van der Waals surface area (Å²) in [6.07, 6.45) is 1.11. The van der Waals surface area contributed by atoms with Gasteiger partial charge in [0.1, 0.15) is 47.4 Å². The molecule has 2 aromatic heterocycles. The molecule has 0 saturated carbocycles. The van der Waals surface area contributed by atoms with E-state index in [1.165, 1.54) is 31.5 Å². The van der Waals surface area contributed by atoms with E-state index in [1.54, 1.807) is 6.33 Å². The Morgan fingerprint density at radius 1 is 0.840 bits per heavy atom. The molecule has 1 saturated heterocycles. The highest BCUT2D eigenvalue weighted by Crippen LogP contribution is 2.47. The number of hydrogen-bond acceptors (Lipinski definition) is 9. The predicted octanol–water partition coefficient (Wildman–Crippen LogP) is 9.26. The molecule has 0 amide bonds. The van der Waals surface area contributed by atoms with E-state index < -0.39 is 61.3 Å². The maximum atomic E-state index is 14.3. The number of rotatable bonds is 10. The molecule has 1 aliphatic heterocycles. The number of carbonyl (C=O) groups excluding carboxylic acids is 1. The third-order valence-electron chi connectivity index (χ3n) is 11.3. The molecule has 50 heavy (non-hydrogen) atoms. The Balaban J connectivity index is 1.90. The second-order valence-corrected chi connectivity index (χ2v) is 32.4. The highest BCUT2D eigenvalue weighted by molar-refractivity contribution is 6.75. The Labute approximate surface area is 301 Å². The fraction of sp³-hybridized carbons (Fsp3) is 0.667. The molecule has 0 bridgehead atoms. The van der Waals surface area contributed by atoms with Crippen molar-refractivity contribution in [1.82, 2.24) is 19.5 Å². The molecule has 3 aromatic rings. The summed E-state index contributed by atoms with van der Waals surface area (Å²) in [5, 5.41) is -0.135. The molecule has 4 atom stereocenters. The Kier molecular flexibility index (Phi) is 11.2. The highest BCUT2D eigenvalue weighted by Gasteiger charge is 2.55. The zero-order valence-electron chi connectivity index (χ0n) is 33.0. The van der Waals surface area contributed by atoms with Crippen molar-refractivity contribution in [2.45, 2.75) is 148 Å². The molecule has 1 aromatic carbocycles. The van der Waals surface area contributed by atoms with Crippen molar-refractivity contribution < 1.29 is 31.9 Å². The summed E-state index contributed by atoms with van der Waals surface area (Å²) < 4.78 is 50.0. The summed E-state index contributed by atoms with van der Waals surface area (Å²) in [4.78, 5) is 25.9. The molecule has 278 valence electrons. The van der Waals surface area contributed by atoms with Gasteiger partial charge in [-0.25, -0.2) is 19.3 Å². The Hall–Kier alpha value is -2.34. The van der Waals surface area contributed by atoms with Gasteiger partial charge in [-0.1, -0.05) is 62.3 Å². The van der Waals surface area contributed by atoms with Crippen LogP contribution in [0.15, 0.2) is 30.9 Å². The number of hydrogen-bond donors (Lipinski definition) is 0. The van der Waals surface area contributed by atoms with Crippen LogP contribution < -0.4 is 4.74 Å². The van der Waals surface area contributed by atoms with Crippen LogP contribution in [0.5, 0.6) is 5.75 Å². The van der Waals surface area contributed by atoms with Gasteiger partial charge in [0.25, 0.3) is 0 Å². The lowest BCUT2D eigenvalue weighted by atomic mass is 10.1. The van der Waals surface area contributed by atoms with Crippen LogP contribution >= 0.6 is 0 Å². The number of imidazole rings is 1. The van der Waals surface area contributed by atoms with Gasteiger partial charge in [0, 0.05) is 18.6 Å². The van der Waals surface area contributed by atoms with Crippen LogP contribution in [-0.4, -0.2) is 75.4 Å². The lowest BCUT2D eigenvalue weighted by molar-refractivity contribution is -0.131. The Morgan fingerprint density at radius 3 is 1.94 bits per heavy atom. The number of benzene rings is 1. The van der Waals surface area contributed by atoms with Gasteiger partial charge >= 0.3 is 5.97 Å². The fourth-order valence-electron chi connectivity index (χ4n) is 5.04. The van der Waals surface area contributed by atoms with E-state index in [-0.39, 0.29) is 20.9 Å². The number of fused-ring (bicyclic) bond motifs is 1. The first-order valence-corrected chi connectivity index (χ1v) is 26.2. The van der Waals surface area contributed by atoms with Gasteiger partial charge in [-0.2, -0.15) is 0 Å². The summed E-state index contributed by atoms with van der Waals surface area (Å²) in [7, 11) is -6.89. The average Bonchev–Trinajstić information content (AvgIpc) is 3.51. The molecule has 4 rings (SSSR count). The quantitative estimate of drug-likeness (QED) is 0.114. The van der Waals surface area contributed by atoms with E-state index in [2.05, 4.69) is 112 Å². The van der Waals surface area contributed by atoms with Crippen molar-refractivity contribution in [2.24, 2.45) is 0 Å². The summed E-state index contributed by atoms with van der Waals surface area (Å²) in [6.45, 7) is 35.2. The van der Waals surface area contributed by atoms with Gasteiger partial charge in [0.05, 0.1) is 12.9 Å². The van der Waals surface area contributed by atoms with E-state index in [9.17, 15) is 9.18 Å². The SMILES string of the molecule is CC(=O)Oc1cc(F)ccc1-c1ncnc2c1ncn2[C@@H]1O[C@H](CO[Si](C)(C)C(C)(C)C)[C@@H](O[Si](C)(C)C(C)(C)C)[C@H]1O[Si](C)(C)C(C)(C)C. The molecule has 0 aliphatic carbocycles. The second-order valence-electron chi connectivity index (χ2n) is 18.1. The van der Waals surface area contributed by atoms with E-state index in [1.807, 2.05) is 4.57 Å². The largest absolute Gasteiger partial charge is 0.426 e. The van der Waals surface area contributed by atoms with E-state index in [0.29, 0.717) is 29.0 Å². The van der Waals surface area contributed by atoms with Crippen LogP contribution in [0.3, 0.4) is 0 Å². The van der Waals surface area contributed by atoms with E-state index in [0.717, 1.165) is 0 Å². The number of nitrogens with zero attached hydrogens (tertiary/aromatic N) is 4. The maximum Gasteiger partial charge on any atom is 0.308 e. The van der Waals surface area contributed by atoms with Crippen molar-refractivity contribution >= 4 is 42.1 Å². The average molecular weight is 747 g/mol. The minimum absolute atomic E-state index is 0.0109. The zero-order valence-corrected chi connectivity index (χ0v) is 36.0. The standard InChI is InChI=1S/C36H59FN4O6Si3/c1-23(42)44-26-19-24(37)17-18-25(26)28-29-32(39-21-38-28)41(22-40-29)33-31(47-50(15,16)36(8,9)10)30(46-49(13,14)35(5,6)7)27(45-33)20-43-48(11,12)34(2,3)4/h17-19,21-22,27,30-31,33H,20H2,1-16H3/t27-,30-,31-,33-/m1/s1. The van der Waals surface area contributed by atoms with E-state index >= 15 is 0 Å².